The Morgan fingerprint density at radius 2 is 2.13 bits per heavy atom. The Kier molecular flexibility index (Phi) is 7.39. The van der Waals surface area contributed by atoms with Crippen molar-refractivity contribution < 1.29 is 23.8 Å². The summed E-state index contributed by atoms with van der Waals surface area (Å²) in [7, 11) is 3.48. The predicted molar refractivity (Wildman–Crippen MR) is 116 cm³/mol. The summed E-state index contributed by atoms with van der Waals surface area (Å²) in [6.45, 7) is 2.58. The first-order valence-electron chi connectivity index (χ1n) is 10.0. The summed E-state index contributed by atoms with van der Waals surface area (Å²) in [6, 6.07) is 10.9. The maximum atomic E-state index is 14.5. The molecule has 0 bridgehead atoms. The number of benzene rings is 2. The van der Waals surface area contributed by atoms with Gasteiger partial charge in [0.05, 0.1) is 18.3 Å². The molecule has 0 radical (unpaired) electrons. The fraction of sp³-hybridized carbons (Fsp3) is 0.435. The van der Waals surface area contributed by atoms with Crippen molar-refractivity contribution in [3.63, 3.8) is 0 Å². The lowest BCUT2D eigenvalue weighted by molar-refractivity contribution is -0.136. The number of hydrogen-bond acceptors (Lipinski definition) is 5. The average Bonchev–Trinajstić information content (AvgIpc) is 2.71. The zero-order valence-electron chi connectivity index (χ0n) is 17.5. The number of aryl methyl sites for hydroxylation is 1. The molecule has 2 aromatic carbocycles. The van der Waals surface area contributed by atoms with Crippen LogP contribution in [0.15, 0.2) is 46.2 Å². The highest BCUT2D eigenvalue weighted by molar-refractivity contribution is 7.99. The molecule has 1 aliphatic rings. The van der Waals surface area contributed by atoms with Crippen LogP contribution < -0.4 is 5.32 Å². The third-order valence-electron chi connectivity index (χ3n) is 5.50. The van der Waals surface area contributed by atoms with E-state index in [2.05, 4.69) is 5.32 Å². The Balaban J connectivity index is 1.88. The first kappa shape index (κ1) is 22.6. The van der Waals surface area contributed by atoms with Gasteiger partial charge >= 0.3 is 5.97 Å². The Labute approximate surface area is 181 Å². The van der Waals surface area contributed by atoms with Crippen molar-refractivity contribution in [2.75, 3.05) is 26.1 Å². The van der Waals surface area contributed by atoms with E-state index in [1.54, 1.807) is 13.2 Å². The third kappa shape index (κ3) is 5.33. The number of carboxylic acids is 1. The summed E-state index contributed by atoms with van der Waals surface area (Å²) in [5.41, 5.74) is 2.08. The molecule has 0 saturated carbocycles. The topological polar surface area (TPSA) is 67.8 Å². The molecule has 1 heterocycles. The highest BCUT2D eigenvalue weighted by Crippen LogP contribution is 2.41. The number of methoxy groups -OCH3 is 1. The van der Waals surface area contributed by atoms with Gasteiger partial charge in [0.15, 0.2) is 0 Å². The summed E-state index contributed by atoms with van der Waals surface area (Å²) in [4.78, 5) is 12.7. The van der Waals surface area contributed by atoms with Gasteiger partial charge in [-0.05, 0) is 60.9 Å². The number of rotatable bonds is 8. The van der Waals surface area contributed by atoms with Crippen LogP contribution in [-0.2, 0) is 26.3 Å². The molecule has 0 spiro atoms. The molecule has 2 N–H and O–H groups in total. The molecule has 2 atom stereocenters. The number of halogens is 1. The van der Waals surface area contributed by atoms with Crippen molar-refractivity contribution >= 4 is 23.4 Å². The molecule has 1 saturated heterocycles. The van der Waals surface area contributed by atoms with Crippen LogP contribution in [0.3, 0.4) is 0 Å². The van der Waals surface area contributed by atoms with E-state index in [4.69, 9.17) is 14.6 Å². The molecular formula is C23H28FNO4S. The maximum absolute atomic E-state index is 14.5. The first-order valence-corrected chi connectivity index (χ1v) is 10.8. The molecule has 1 aliphatic heterocycles. The summed E-state index contributed by atoms with van der Waals surface area (Å²) in [6.07, 6.45) is 1.89. The van der Waals surface area contributed by atoms with Crippen LogP contribution in [0.25, 0.3) is 0 Å². The lowest BCUT2D eigenvalue weighted by Crippen LogP contribution is -2.39. The molecule has 3 rings (SSSR count). The van der Waals surface area contributed by atoms with Gasteiger partial charge in [-0.1, -0.05) is 11.8 Å². The fourth-order valence-corrected chi connectivity index (χ4v) is 4.93. The van der Waals surface area contributed by atoms with E-state index in [0.717, 1.165) is 26.6 Å². The number of nitrogens with one attached hydrogen (secondary N) is 1. The summed E-state index contributed by atoms with van der Waals surface area (Å²) in [5.74, 6) is -1.14. The van der Waals surface area contributed by atoms with Crippen molar-refractivity contribution in [3.8, 4) is 0 Å². The first-order chi connectivity index (χ1) is 14.3. The van der Waals surface area contributed by atoms with Gasteiger partial charge in [-0.15, -0.1) is 0 Å². The molecule has 0 aromatic heterocycles. The van der Waals surface area contributed by atoms with Gasteiger partial charge in [-0.3, -0.25) is 4.79 Å². The number of hydrogen-bond donors (Lipinski definition) is 2. The molecule has 1 fully saturated rings. The lowest BCUT2D eigenvalue weighted by atomic mass is 9.83. The SMILES string of the molecule is CNc1ccc(Sc2cc(F)cc(C3(OC)CCOC(C)C3)c2)cc1CCC(=O)O. The normalized spacial score (nSPS) is 21.4. The van der Waals surface area contributed by atoms with Gasteiger partial charge < -0.3 is 19.9 Å². The molecule has 2 aromatic rings. The minimum absolute atomic E-state index is 0.0453. The van der Waals surface area contributed by atoms with E-state index in [0.29, 0.717) is 25.9 Å². The third-order valence-corrected chi connectivity index (χ3v) is 6.46. The highest BCUT2D eigenvalue weighted by atomic mass is 32.2. The summed E-state index contributed by atoms with van der Waals surface area (Å²) in [5, 5.41) is 12.1. The quantitative estimate of drug-likeness (QED) is 0.605. The minimum Gasteiger partial charge on any atom is -0.481 e. The Hall–Kier alpha value is -2.09. The van der Waals surface area contributed by atoms with E-state index >= 15 is 0 Å². The van der Waals surface area contributed by atoms with Crippen LogP contribution in [-0.4, -0.2) is 37.9 Å². The van der Waals surface area contributed by atoms with Crippen LogP contribution in [0.5, 0.6) is 0 Å². The lowest BCUT2D eigenvalue weighted by Gasteiger charge is -2.39. The van der Waals surface area contributed by atoms with Crippen molar-refractivity contribution in [3.05, 3.63) is 53.3 Å². The van der Waals surface area contributed by atoms with Crippen molar-refractivity contribution in [2.24, 2.45) is 0 Å². The smallest absolute Gasteiger partial charge is 0.303 e. The molecule has 7 heteroatoms. The van der Waals surface area contributed by atoms with Gasteiger partial charge in [-0.25, -0.2) is 4.39 Å². The Bertz CT molecular complexity index is 907. The number of carbonyl (C=O) groups is 1. The minimum atomic E-state index is -0.833. The largest absolute Gasteiger partial charge is 0.481 e. The van der Waals surface area contributed by atoms with Gasteiger partial charge in [0.25, 0.3) is 0 Å². The second kappa shape index (κ2) is 9.81. The Morgan fingerprint density at radius 3 is 2.80 bits per heavy atom. The zero-order valence-corrected chi connectivity index (χ0v) is 18.4. The van der Waals surface area contributed by atoms with Crippen molar-refractivity contribution in [1.29, 1.82) is 0 Å². The van der Waals surface area contributed by atoms with E-state index in [9.17, 15) is 9.18 Å². The van der Waals surface area contributed by atoms with Crippen LogP contribution >= 0.6 is 11.8 Å². The van der Waals surface area contributed by atoms with Crippen LogP contribution in [0.1, 0.15) is 37.3 Å². The molecule has 2 unspecified atom stereocenters. The maximum Gasteiger partial charge on any atom is 0.303 e. The molecule has 5 nitrogen and oxygen atoms in total. The van der Waals surface area contributed by atoms with Gasteiger partial charge in [0.2, 0.25) is 0 Å². The molecule has 0 amide bonds. The number of aliphatic carboxylic acids is 1. The van der Waals surface area contributed by atoms with E-state index in [1.807, 2.05) is 38.2 Å². The number of anilines is 1. The predicted octanol–water partition coefficient (Wildman–Crippen LogP) is 5.08. The zero-order chi connectivity index (χ0) is 21.7. The molecular weight excluding hydrogens is 405 g/mol. The molecule has 0 aliphatic carbocycles. The Morgan fingerprint density at radius 1 is 1.33 bits per heavy atom. The average molecular weight is 434 g/mol. The standard InChI is InChI=1S/C23H28FNO4S/c1-15-14-23(28-3,8-9-29-15)17-11-18(24)13-20(12-17)30-19-5-6-21(25-2)16(10-19)4-7-22(26)27/h5-6,10-13,15,25H,4,7-9,14H2,1-3H3,(H,26,27). The number of carboxylic acid groups (broad SMARTS) is 1. The van der Waals surface area contributed by atoms with E-state index in [-0.39, 0.29) is 18.3 Å². The van der Waals surface area contributed by atoms with Crippen LogP contribution in [0.2, 0.25) is 0 Å². The van der Waals surface area contributed by atoms with E-state index in [1.165, 1.54) is 17.8 Å². The second-order valence-electron chi connectivity index (χ2n) is 7.57. The molecule has 162 valence electrons. The highest BCUT2D eigenvalue weighted by Gasteiger charge is 2.38. The monoisotopic (exact) mass is 433 g/mol. The molecule has 30 heavy (non-hydrogen) atoms. The summed E-state index contributed by atoms with van der Waals surface area (Å²) < 4.78 is 26.1. The summed E-state index contributed by atoms with van der Waals surface area (Å²) >= 11 is 1.46. The van der Waals surface area contributed by atoms with E-state index < -0.39 is 11.6 Å². The van der Waals surface area contributed by atoms with Crippen LogP contribution in [0, 0.1) is 5.82 Å². The van der Waals surface area contributed by atoms with Crippen molar-refractivity contribution in [2.45, 2.75) is 54.1 Å². The van der Waals surface area contributed by atoms with Gasteiger partial charge in [0, 0.05) is 48.9 Å². The van der Waals surface area contributed by atoms with Gasteiger partial charge in [-0.2, -0.15) is 0 Å². The fourth-order valence-electron chi connectivity index (χ4n) is 3.96. The van der Waals surface area contributed by atoms with Crippen molar-refractivity contribution in [1.82, 2.24) is 0 Å². The second-order valence-corrected chi connectivity index (χ2v) is 8.72. The van der Waals surface area contributed by atoms with Gasteiger partial charge in [0.1, 0.15) is 5.82 Å². The number of ether oxygens (including phenoxy) is 2. The van der Waals surface area contributed by atoms with Crippen LogP contribution in [0.4, 0.5) is 10.1 Å².